The van der Waals surface area contributed by atoms with Gasteiger partial charge >= 0.3 is 0 Å². The van der Waals surface area contributed by atoms with Crippen molar-refractivity contribution in [3.63, 3.8) is 0 Å². The molecular weight excluding hydrogens is 329 g/mol. The maximum absolute atomic E-state index is 13.6. The molecule has 1 N–H and O–H groups in total. The van der Waals surface area contributed by atoms with Crippen molar-refractivity contribution in [1.82, 2.24) is 0 Å². The van der Waals surface area contributed by atoms with Crippen molar-refractivity contribution in [3.05, 3.63) is 70.4 Å². The molecule has 0 saturated heterocycles. The Kier molecular flexibility index (Phi) is 4.71. The van der Waals surface area contributed by atoms with Gasteiger partial charge in [0, 0.05) is 17.3 Å². The van der Waals surface area contributed by atoms with E-state index in [1.165, 1.54) is 18.2 Å². The topological polar surface area (TPSA) is 70.0 Å². The molecule has 23 heavy (non-hydrogen) atoms. The summed E-state index contributed by atoms with van der Waals surface area (Å²) in [6.07, 6.45) is 0.778. The lowest BCUT2D eigenvalue weighted by Crippen LogP contribution is -2.14. The van der Waals surface area contributed by atoms with Crippen LogP contribution in [0.4, 0.5) is 18.9 Å². The molecule has 0 aromatic heterocycles. The lowest BCUT2D eigenvalue weighted by atomic mass is 10.2. The number of hydrogen-bond acceptors (Lipinski definition) is 3. The minimum atomic E-state index is -4.30. The van der Waals surface area contributed by atoms with Crippen molar-refractivity contribution in [1.29, 1.82) is 5.26 Å². The number of nitriles is 1. The summed E-state index contributed by atoms with van der Waals surface area (Å²) in [6.45, 7) is 0. The highest BCUT2D eigenvalue weighted by Gasteiger charge is 2.18. The third-order valence-corrected chi connectivity index (χ3v) is 4.04. The average molecular weight is 338 g/mol. The standard InChI is InChI=1S/C15H9F3N2O2S/c16-11-3-5-13(6-4-11)20-23(21,22)14(9-19)7-10-1-2-12(17)8-15(10)18/h1-8,20H. The zero-order valence-electron chi connectivity index (χ0n) is 11.4. The third kappa shape index (κ3) is 4.11. The Morgan fingerprint density at radius 2 is 1.65 bits per heavy atom. The van der Waals surface area contributed by atoms with Crippen LogP contribution in [0.15, 0.2) is 47.4 Å². The van der Waals surface area contributed by atoms with Gasteiger partial charge in [0.15, 0.2) is 4.91 Å². The Hall–Kier alpha value is -2.79. The predicted octanol–water partition coefficient (Wildman–Crippen LogP) is 3.41. The Morgan fingerprint density at radius 1 is 1.04 bits per heavy atom. The van der Waals surface area contributed by atoms with Crippen LogP contribution in [0.3, 0.4) is 0 Å². The number of anilines is 1. The molecule has 0 aliphatic carbocycles. The van der Waals surface area contributed by atoms with E-state index in [4.69, 9.17) is 5.26 Å². The first kappa shape index (κ1) is 16.6. The summed E-state index contributed by atoms with van der Waals surface area (Å²) in [5.74, 6) is -2.39. The zero-order valence-corrected chi connectivity index (χ0v) is 12.2. The van der Waals surface area contributed by atoms with E-state index in [2.05, 4.69) is 4.72 Å². The average Bonchev–Trinajstić information content (AvgIpc) is 2.48. The van der Waals surface area contributed by atoms with Gasteiger partial charge in [-0.25, -0.2) is 21.6 Å². The molecule has 0 bridgehead atoms. The van der Waals surface area contributed by atoms with Gasteiger partial charge in [0.05, 0.1) is 0 Å². The molecule has 0 saturated carbocycles. The van der Waals surface area contributed by atoms with E-state index in [0.717, 1.165) is 30.3 Å². The molecule has 0 unspecified atom stereocenters. The van der Waals surface area contributed by atoms with Crippen LogP contribution >= 0.6 is 0 Å². The van der Waals surface area contributed by atoms with Crippen molar-refractivity contribution in [2.75, 3.05) is 4.72 Å². The van der Waals surface area contributed by atoms with Crippen LogP contribution in [0.25, 0.3) is 6.08 Å². The molecule has 0 atom stereocenters. The monoisotopic (exact) mass is 338 g/mol. The van der Waals surface area contributed by atoms with Gasteiger partial charge in [-0.1, -0.05) is 0 Å². The second-order valence-electron chi connectivity index (χ2n) is 4.40. The van der Waals surface area contributed by atoms with Crippen molar-refractivity contribution >= 4 is 21.8 Å². The molecule has 0 aliphatic rings. The van der Waals surface area contributed by atoms with Crippen LogP contribution < -0.4 is 4.72 Å². The Morgan fingerprint density at radius 3 is 2.22 bits per heavy atom. The Labute approximate surface area is 130 Å². The quantitative estimate of drug-likeness (QED) is 0.869. The van der Waals surface area contributed by atoms with Crippen LogP contribution in [-0.4, -0.2) is 8.42 Å². The number of hydrogen-bond donors (Lipinski definition) is 1. The summed E-state index contributed by atoms with van der Waals surface area (Å²) in [6, 6.07) is 8.36. The van der Waals surface area contributed by atoms with E-state index < -0.39 is 32.4 Å². The molecule has 118 valence electrons. The molecule has 2 aromatic rings. The second kappa shape index (κ2) is 6.54. The summed E-state index contributed by atoms with van der Waals surface area (Å²) in [5, 5.41) is 9.00. The maximum atomic E-state index is 13.6. The summed E-state index contributed by atoms with van der Waals surface area (Å²) in [7, 11) is -4.30. The molecule has 8 heteroatoms. The normalized spacial score (nSPS) is 11.8. The van der Waals surface area contributed by atoms with Gasteiger partial charge in [-0.15, -0.1) is 0 Å². The minimum Gasteiger partial charge on any atom is -0.279 e. The Balaban J connectivity index is 2.37. The maximum Gasteiger partial charge on any atom is 0.272 e. The number of sulfonamides is 1. The van der Waals surface area contributed by atoms with E-state index in [1.54, 1.807) is 0 Å². The molecular formula is C15H9F3N2O2S. The van der Waals surface area contributed by atoms with Crippen LogP contribution in [0, 0.1) is 28.8 Å². The second-order valence-corrected chi connectivity index (χ2v) is 6.05. The molecule has 0 aliphatic heterocycles. The fourth-order valence-corrected chi connectivity index (χ4v) is 2.62. The molecule has 2 aromatic carbocycles. The van der Waals surface area contributed by atoms with Crippen LogP contribution in [0.2, 0.25) is 0 Å². The first-order valence-electron chi connectivity index (χ1n) is 6.17. The fraction of sp³-hybridized carbons (Fsp3) is 0. The molecule has 0 fully saturated rings. The molecule has 0 amide bonds. The zero-order chi connectivity index (χ0) is 17.0. The summed E-state index contributed by atoms with van der Waals surface area (Å²) in [4.78, 5) is -0.771. The summed E-state index contributed by atoms with van der Waals surface area (Å²) < 4.78 is 65.5. The van der Waals surface area contributed by atoms with Gasteiger partial charge in [-0.3, -0.25) is 4.72 Å². The molecule has 4 nitrogen and oxygen atoms in total. The third-order valence-electron chi connectivity index (χ3n) is 2.75. The van der Waals surface area contributed by atoms with Gasteiger partial charge in [-0.2, -0.15) is 5.26 Å². The molecule has 2 rings (SSSR count). The Bertz CT molecular complexity index is 901. The largest absolute Gasteiger partial charge is 0.279 e. The SMILES string of the molecule is N#CC(=Cc1ccc(F)cc1F)S(=O)(=O)Nc1ccc(F)cc1. The van der Waals surface area contributed by atoms with Gasteiger partial charge in [0.25, 0.3) is 10.0 Å². The highest BCUT2D eigenvalue weighted by atomic mass is 32.2. The van der Waals surface area contributed by atoms with E-state index in [0.29, 0.717) is 6.07 Å². The van der Waals surface area contributed by atoms with Gasteiger partial charge in [0.1, 0.15) is 23.5 Å². The first-order valence-corrected chi connectivity index (χ1v) is 7.65. The molecule has 0 radical (unpaired) electrons. The number of benzene rings is 2. The summed E-state index contributed by atoms with van der Waals surface area (Å²) >= 11 is 0. The van der Waals surface area contributed by atoms with E-state index in [9.17, 15) is 21.6 Å². The predicted molar refractivity (Wildman–Crippen MR) is 78.9 cm³/mol. The summed E-state index contributed by atoms with van der Waals surface area (Å²) in [5.41, 5.74) is -0.223. The van der Waals surface area contributed by atoms with E-state index in [1.807, 2.05) is 0 Å². The van der Waals surface area contributed by atoms with Crippen LogP contribution in [-0.2, 0) is 10.0 Å². The number of allylic oxidation sites excluding steroid dienone is 1. The lowest BCUT2D eigenvalue weighted by molar-refractivity contribution is 0.581. The number of nitrogens with one attached hydrogen (secondary N) is 1. The van der Waals surface area contributed by atoms with Crippen molar-refractivity contribution < 1.29 is 21.6 Å². The number of nitrogens with zero attached hydrogens (tertiary/aromatic N) is 1. The van der Waals surface area contributed by atoms with Gasteiger partial charge < -0.3 is 0 Å². The van der Waals surface area contributed by atoms with Crippen molar-refractivity contribution in [2.45, 2.75) is 0 Å². The van der Waals surface area contributed by atoms with E-state index in [-0.39, 0.29) is 11.3 Å². The van der Waals surface area contributed by atoms with Crippen molar-refractivity contribution in [2.24, 2.45) is 0 Å². The number of rotatable bonds is 4. The minimum absolute atomic E-state index is 0.0344. The molecule has 0 spiro atoms. The lowest BCUT2D eigenvalue weighted by Gasteiger charge is -2.07. The van der Waals surface area contributed by atoms with Gasteiger partial charge in [-0.05, 0) is 42.5 Å². The highest BCUT2D eigenvalue weighted by molar-refractivity contribution is 7.96. The van der Waals surface area contributed by atoms with Crippen LogP contribution in [0.5, 0.6) is 0 Å². The van der Waals surface area contributed by atoms with Crippen LogP contribution in [0.1, 0.15) is 5.56 Å². The fourth-order valence-electron chi connectivity index (χ4n) is 1.66. The highest BCUT2D eigenvalue weighted by Crippen LogP contribution is 2.19. The smallest absolute Gasteiger partial charge is 0.272 e. The number of halogens is 3. The first-order chi connectivity index (χ1) is 10.8. The molecule has 0 heterocycles. The van der Waals surface area contributed by atoms with Gasteiger partial charge in [0.2, 0.25) is 0 Å². The van der Waals surface area contributed by atoms with E-state index >= 15 is 0 Å². The van der Waals surface area contributed by atoms with Crippen molar-refractivity contribution in [3.8, 4) is 6.07 Å².